The molecule has 1 aromatic heterocycles. The zero-order chi connectivity index (χ0) is 19.1. The van der Waals surface area contributed by atoms with Crippen molar-refractivity contribution in [3.05, 3.63) is 40.7 Å². The van der Waals surface area contributed by atoms with Gasteiger partial charge < -0.3 is 14.6 Å². The molecule has 0 saturated carbocycles. The molecule has 1 fully saturated rings. The van der Waals surface area contributed by atoms with Crippen molar-refractivity contribution in [2.24, 2.45) is 7.05 Å². The maximum absolute atomic E-state index is 12.1. The molecule has 1 N–H and O–H groups in total. The van der Waals surface area contributed by atoms with E-state index in [9.17, 15) is 4.79 Å². The lowest BCUT2D eigenvalue weighted by molar-refractivity contribution is 0.0410. The fourth-order valence-electron chi connectivity index (χ4n) is 2.80. The van der Waals surface area contributed by atoms with Crippen LogP contribution in [0, 0.1) is 0 Å². The normalized spacial score (nSPS) is 15.0. The number of rotatable bonds is 8. The number of thioether (sulfide) groups is 1. The van der Waals surface area contributed by atoms with Crippen molar-refractivity contribution in [2.45, 2.75) is 11.6 Å². The second-order valence-corrected chi connectivity index (χ2v) is 7.78. The summed E-state index contributed by atoms with van der Waals surface area (Å²) >= 11 is 7.63. The van der Waals surface area contributed by atoms with E-state index in [1.54, 1.807) is 36.0 Å². The number of amides is 1. The molecule has 0 radical (unpaired) electrons. The first kappa shape index (κ1) is 20.1. The summed E-state index contributed by atoms with van der Waals surface area (Å²) in [6.07, 6.45) is 0.625. The lowest BCUT2D eigenvalue weighted by atomic mass is 10.2. The molecule has 0 spiro atoms. The van der Waals surface area contributed by atoms with Crippen LogP contribution in [0.2, 0.25) is 5.02 Å². The van der Waals surface area contributed by atoms with Crippen LogP contribution >= 0.6 is 23.4 Å². The molecule has 0 aliphatic carbocycles. The average Bonchev–Trinajstić information content (AvgIpc) is 3.02. The Bertz CT molecular complexity index is 764. The molecule has 0 bridgehead atoms. The molecule has 0 unspecified atom stereocenters. The van der Waals surface area contributed by atoms with Crippen LogP contribution < -0.4 is 5.32 Å². The van der Waals surface area contributed by atoms with Crippen LogP contribution in [0.3, 0.4) is 0 Å². The summed E-state index contributed by atoms with van der Waals surface area (Å²) in [6, 6.07) is 6.91. The van der Waals surface area contributed by atoms with Crippen molar-refractivity contribution in [3.63, 3.8) is 0 Å². The highest BCUT2D eigenvalue weighted by Crippen LogP contribution is 2.16. The highest BCUT2D eigenvalue weighted by atomic mass is 35.5. The van der Waals surface area contributed by atoms with Crippen LogP contribution in [0.15, 0.2) is 29.4 Å². The number of aromatic nitrogens is 3. The number of carbonyl (C=O) groups is 1. The summed E-state index contributed by atoms with van der Waals surface area (Å²) in [5, 5.41) is 12.9. The molecule has 1 aliphatic rings. The van der Waals surface area contributed by atoms with E-state index in [0.29, 0.717) is 23.6 Å². The summed E-state index contributed by atoms with van der Waals surface area (Å²) < 4.78 is 7.36. The third kappa shape index (κ3) is 5.93. The van der Waals surface area contributed by atoms with Crippen molar-refractivity contribution >= 4 is 29.3 Å². The first-order chi connectivity index (χ1) is 13.1. The molecule has 1 aromatic carbocycles. The summed E-state index contributed by atoms with van der Waals surface area (Å²) in [5.74, 6) is 1.69. The van der Waals surface area contributed by atoms with E-state index in [1.165, 1.54) is 0 Å². The Morgan fingerprint density at radius 2 is 2.15 bits per heavy atom. The Balaban J connectivity index is 1.42. The number of halogens is 1. The number of ether oxygens (including phenoxy) is 1. The highest BCUT2D eigenvalue weighted by molar-refractivity contribution is 7.99. The quantitative estimate of drug-likeness (QED) is 0.671. The fourth-order valence-corrected chi connectivity index (χ4v) is 3.92. The van der Waals surface area contributed by atoms with Crippen LogP contribution in [-0.2, 0) is 18.2 Å². The van der Waals surface area contributed by atoms with Gasteiger partial charge in [-0.15, -0.1) is 10.2 Å². The first-order valence-electron chi connectivity index (χ1n) is 8.98. The van der Waals surface area contributed by atoms with Crippen molar-refractivity contribution in [1.82, 2.24) is 25.0 Å². The number of morpholine rings is 1. The minimum atomic E-state index is -0.139. The topological polar surface area (TPSA) is 72.3 Å². The second kappa shape index (κ2) is 10.1. The lowest BCUT2D eigenvalue weighted by Crippen LogP contribution is -2.37. The van der Waals surface area contributed by atoms with E-state index >= 15 is 0 Å². The molecular weight excluding hydrogens is 386 g/mol. The molecule has 1 aliphatic heterocycles. The Hall–Kier alpha value is -1.61. The van der Waals surface area contributed by atoms with Gasteiger partial charge in [-0.05, 0) is 18.2 Å². The van der Waals surface area contributed by atoms with Gasteiger partial charge in [-0.25, -0.2) is 0 Å². The van der Waals surface area contributed by atoms with E-state index in [0.717, 1.165) is 49.6 Å². The third-order valence-electron chi connectivity index (χ3n) is 4.39. The zero-order valence-corrected chi connectivity index (χ0v) is 16.9. The Kier molecular flexibility index (Phi) is 7.51. The van der Waals surface area contributed by atoms with Gasteiger partial charge in [-0.1, -0.05) is 29.4 Å². The van der Waals surface area contributed by atoms with Crippen molar-refractivity contribution < 1.29 is 9.53 Å². The Morgan fingerprint density at radius 3 is 2.93 bits per heavy atom. The van der Waals surface area contributed by atoms with E-state index in [-0.39, 0.29) is 5.91 Å². The molecule has 9 heteroatoms. The maximum Gasteiger partial charge on any atom is 0.251 e. The molecule has 3 rings (SSSR count). The predicted octanol–water partition coefficient (Wildman–Crippen LogP) is 1.87. The zero-order valence-electron chi connectivity index (χ0n) is 15.4. The number of benzene rings is 1. The van der Waals surface area contributed by atoms with Crippen LogP contribution in [0.4, 0.5) is 0 Å². The summed E-state index contributed by atoms with van der Waals surface area (Å²) in [4.78, 5) is 14.5. The van der Waals surface area contributed by atoms with Crippen LogP contribution in [0.5, 0.6) is 0 Å². The molecule has 0 atom stereocenters. The van der Waals surface area contributed by atoms with E-state index in [2.05, 4.69) is 20.4 Å². The summed E-state index contributed by atoms with van der Waals surface area (Å²) in [6.45, 7) is 5.15. The average molecular weight is 410 g/mol. The van der Waals surface area contributed by atoms with E-state index in [4.69, 9.17) is 16.3 Å². The monoisotopic (exact) mass is 409 g/mol. The SMILES string of the molecule is Cn1c(CCNC(=O)c2cccc(Cl)c2)nnc1SCCN1CCOCC1. The predicted molar refractivity (Wildman–Crippen MR) is 106 cm³/mol. The number of nitrogens with one attached hydrogen (secondary N) is 1. The number of carbonyl (C=O) groups excluding carboxylic acids is 1. The molecular formula is C18H24ClN5O2S. The van der Waals surface area contributed by atoms with Gasteiger partial charge in [-0.3, -0.25) is 9.69 Å². The molecule has 7 nitrogen and oxygen atoms in total. The number of nitrogens with zero attached hydrogens (tertiary/aromatic N) is 4. The number of hydrogen-bond donors (Lipinski definition) is 1. The standard InChI is InChI=1S/C18H24ClN5O2S/c1-23-16(5-6-20-17(25)14-3-2-4-15(19)13-14)21-22-18(23)27-12-9-24-7-10-26-11-8-24/h2-4,13H,5-12H2,1H3,(H,20,25). The van der Waals surface area contributed by atoms with E-state index in [1.807, 2.05) is 11.6 Å². The largest absolute Gasteiger partial charge is 0.379 e. The molecule has 1 saturated heterocycles. The van der Waals surface area contributed by atoms with E-state index < -0.39 is 0 Å². The smallest absolute Gasteiger partial charge is 0.251 e. The molecule has 146 valence electrons. The summed E-state index contributed by atoms with van der Waals surface area (Å²) in [7, 11) is 1.96. The number of hydrogen-bond acceptors (Lipinski definition) is 6. The minimum absolute atomic E-state index is 0.139. The van der Waals surface area contributed by atoms with Crippen LogP contribution in [0.25, 0.3) is 0 Å². The third-order valence-corrected chi connectivity index (χ3v) is 5.62. The van der Waals surface area contributed by atoms with Gasteiger partial charge >= 0.3 is 0 Å². The molecule has 2 heterocycles. The first-order valence-corrected chi connectivity index (χ1v) is 10.3. The van der Waals surface area contributed by atoms with Crippen LogP contribution in [-0.4, -0.2) is 70.7 Å². The van der Waals surface area contributed by atoms with Gasteiger partial charge in [0.15, 0.2) is 5.16 Å². The van der Waals surface area contributed by atoms with Gasteiger partial charge in [0, 0.05) is 56.0 Å². The molecule has 1 amide bonds. The van der Waals surface area contributed by atoms with Crippen molar-refractivity contribution in [3.8, 4) is 0 Å². The van der Waals surface area contributed by atoms with Gasteiger partial charge in [0.05, 0.1) is 13.2 Å². The van der Waals surface area contributed by atoms with Crippen molar-refractivity contribution in [1.29, 1.82) is 0 Å². The van der Waals surface area contributed by atoms with Crippen molar-refractivity contribution in [2.75, 3.05) is 45.1 Å². The van der Waals surface area contributed by atoms with Gasteiger partial charge in [0.1, 0.15) is 5.82 Å². The fraction of sp³-hybridized carbons (Fsp3) is 0.500. The lowest BCUT2D eigenvalue weighted by Gasteiger charge is -2.26. The second-order valence-electron chi connectivity index (χ2n) is 6.28. The minimum Gasteiger partial charge on any atom is -0.379 e. The Labute approximate surface area is 168 Å². The molecule has 27 heavy (non-hydrogen) atoms. The van der Waals surface area contributed by atoms with Gasteiger partial charge in [0.2, 0.25) is 0 Å². The highest BCUT2D eigenvalue weighted by Gasteiger charge is 2.13. The molecule has 2 aromatic rings. The van der Waals surface area contributed by atoms with Gasteiger partial charge in [0.25, 0.3) is 5.91 Å². The van der Waals surface area contributed by atoms with Crippen LogP contribution in [0.1, 0.15) is 16.2 Å². The maximum atomic E-state index is 12.1. The Morgan fingerprint density at radius 1 is 1.33 bits per heavy atom. The van der Waals surface area contributed by atoms with Gasteiger partial charge in [-0.2, -0.15) is 0 Å². The summed E-state index contributed by atoms with van der Waals surface area (Å²) in [5.41, 5.74) is 0.555.